The van der Waals surface area contributed by atoms with Crippen LogP contribution in [0, 0.1) is 0 Å². The average Bonchev–Trinajstić information content (AvgIpc) is 3.23. The number of anilines is 3. The van der Waals surface area contributed by atoms with Crippen LogP contribution < -0.4 is 15.0 Å². The zero-order chi connectivity index (χ0) is 22.2. The quantitative estimate of drug-likeness (QED) is 0.651. The van der Waals surface area contributed by atoms with E-state index in [0.717, 1.165) is 55.2 Å². The first kappa shape index (κ1) is 20.9. The average molecular weight is 448 g/mol. The summed E-state index contributed by atoms with van der Waals surface area (Å²) in [6.45, 7) is 7.27. The number of allylic oxidation sites excluding steroid dienone is 3. The number of methoxy groups -OCH3 is 1. The van der Waals surface area contributed by atoms with Gasteiger partial charge >= 0.3 is 0 Å². The smallest absolute Gasteiger partial charge is 0.229 e. The fraction of sp³-hybridized carbons (Fsp3) is 0.360. The second-order valence-corrected chi connectivity index (χ2v) is 8.90. The Morgan fingerprint density at radius 3 is 2.88 bits per heavy atom. The lowest BCUT2D eigenvalue weighted by Gasteiger charge is -2.32. The van der Waals surface area contributed by atoms with Crippen LogP contribution in [-0.4, -0.2) is 41.1 Å². The molecule has 3 heterocycles. The van der Waals surface area contributed by atoms with Crippen molar-refractivity contribution in [3.63, 3.8) is 0 Å². The Morgan fingerprint density at radius 2 is 2.06 bits per heavy atom. The number of ether oxygens (including phenoxy) is 1. The van der Waals surface area contributed by atoms with Crippen molar-refractivity contribution in [2.75, 3.05) is 30.4 Å². The van der Waals surface area contributed by atoms with Crippen molar-refractivity contribution < 1.29 is 4.74 Å². The molecule has 3 aliphatic rings. The van der Waals surface area contributed by atoms with Crippen LogP contribution in [0.4, 0.5) is 17.5 Å². The molecule has 5 rings (SSSR count). The normalized spacial score (nSPS) is 17.2. The van der Waals surface area contributed by atoms with Crippen LogP contribution >= 0.6 is 11.6 Å². The fourth-order valence-corrected chi connectivity index (χ4v) is 4.66. The van der Waals surface area contributed by atoms with Crippen molar-refractivity contribution in [3.8, 4) is 5.75 Å². The maximum absolute atomic E-state index is 6.50. The Kier molecular flexibility index (Phi) is 5.54. The van der Waals surface area contributed by atoms with Gasteiger partial charge in [-0.3, -0.25) is 4.90 Å². The van der Waals surface area contributed by atoms with Gasteiger partial charge in [0, 0.05) is 37.7 Å². The molecule has 0 spiro atoms. The molecule has 1 aromatic carbocycles. The molecule has 0 bridgehead atoms. The van der Waals surface area contributed by atoms with E-state index in [9.17, 15) is 0 Å². The van der Waals surface area contributed by atoms with Crippen LogP contribution in [0.5, 0.6) is 5.75 Å². The number of halogens is 1. The summed E-state index contributed by atoms with van der Waals surface area (Å²) in [5, 5.41) is 3.88. The summed E-state index contributed by atoms with van der Waals surface area (Å²) in [6, 6.07) is 4.81. The first-order valence-electron chi connectivity index (χ1n) is 11.0. The molecule has 2 aromatic rings. The second-order valence-electron chi connectivity index (χ2n) is 8.49. The highest BCUT2D eigenvalue weighted by Gasteiger charge is 2.27. The highest BCUT2D eigenvalue weighted by atomic mass is 35.5. The highest BCUT2D eigenvalue weighted by Crippen LogP contribution is 2.37. The molecule has 0 radical (unpaired) electrons. The lowest BCUT2D eigenvalue weighted by Crippen LogP contribution is -2.35. The van der Waals surface area contributed by atoms with Crippen molar-refractivity contribution in [1.82, 2.24) is 14.9 Å². The van der Waals surface area contributed by atoms with Gasteiger partial charge in [-0.1, -0.05) is 23.1 Å². The minimum Gasteiger partial charge on any atom is -0.495 e. The minimum atomic E-state index is 0.485. The number of benzene rings is 1. The van der Waals surface area contributed by atoms with Gasteiger partial charge in [0.25, 0.3) is 0 Å². The number of hydrogen-bond donors (Lipinski definition) is 1. The first-order valence-corrected chi connectivity index (χ1v) is 11.3. The molecule has 32 heavy (non-hydrogen) atoms. The molecule has 0 unspecified atom stereocenters. The Hall–Kier alpha value is -3.01. The standard InChI is InChI=1S/C25H26ClN5O/c1-16(2)30-10-8-18-13-23(32-3)21(12-19(18)15-30)28-25-27-14-20(26)24(29-25)31-11-9-17-6-4-5-7-22(17)31/h5,7,12-14,16H,8-11,15H2,1-3H3,(H,27,28,29). The third-order valence-corrected chi connectivity index (χ3v) is 6.52. The summed E-state index contributed by atoms with van der Waals surface area (Å²) in [4.78, 5) is 13.8. The van der Waals surface area contributed by atoms with E-state index in [0.29, 0.717) is 22.8 Å². The fourth-order valence-electron chi connectivity index (χ4n) is 4.47. The molecule has 6 nitrogen and oxygen atoms in total. The van der Waals surface area contributed by atoms with E-state index in [1.165, 1.54) is 11.1 Å². The molecule has 1 fully saturated rings. The molecule has 0 atom stereocenters. The molecule has 164 valence electrons. The van der Waals surface area contributed by atoms with Crippen LogP contribution in [0.3, 0.4) is 0 Å². The van der Waals surface area contributed by atoms with E-state index in [2.05, 4.69) is 57.5 Å². The van der Waals surface area contributed by atoms with Crippen LogP contribution in [0.1, 0.15) is 31.4 Å². The molecule has 0 amide bonds. The Balaban J connectivity index is 1.45. The van der Waals surface area contributed by atoms with Crippen LogP contribution in [-0.2, 0) is 13.0 Å². The number of rotatable bonds is 5. The summed E-state index contributed by atoms with van der Waals surface area (Å²) in [7, 11) is 1.69. The monoisotopic (exact) mass is 447 g/mol. The molecular weight excluding hydrogens is 422 g/mol. The topological polar surface area (TPSA) is 53.5 Å². The van der Waals surface area contributed by atoms with Crippen molar-refractivity contribution >= 4 is 29.1 Å². The molecule has 0 saturated carbocycles. The van der Waals surface area contributed by atoms with Crippen molar-refractivity contribution in [3.05, 3.63) is 69.4 Å². The summed E-state index contributed by atoms with van der Waals surface area (Å²) in [5.41, 5.74) is 11.9. The van der Waals surface area contributed by atoms with Gasteiger partial charge in [0.15, 0.2) is 5.82 Å². The lowest BCUT2D eigenvalue weighted by molar-refractivity contribution is 0.203. The highest BCUT2D eigenvalue weighted by molar-refractivity contribution is 6.33. The van der Waals surface area contributed by atoms with Crippen LogP contribution in [0.15, 0.2) is 53.2 Å². The molecule has 1 aliphatic carbocycles. The number of hydrogen-bond acceptors (Lipinski definition) is 6. The molecule has 1 aromatic heterocycles. The molecule has 1 N–H and O–H groups in total. The van der Waals surface area contributed by atoms with Gasteiger partial charge in [-0.2, -0.15) is 4.98 Å². The third-order valence-electron chi connectivity index (χ3n) is 6.25. The molecular formula is C25H26ClN5O. The molecule has 7 heteroatoms. The van der Waals surface area contributed by atoms with Gasteiger partial charge < -0.3 is 15.0 Å². The number of aromatic nitrogens is 2. The largest absolute Gasteiger partial charge is 0.495 e. The second kappa shape index (κ2) is 8.50. The van der Waals surface area contributed by atoms with Crippen molar-refractivity contribution in [1.29, 1.82) is 0 Å². The lowest BCUT2D eigenvalue weighted by atomic mass is 9.97. The Morgan fingerprint density at radius 1 is 1.19 bits per heavy atom. The zero-order valence-electron chi connectivity index (χ0n) is 18.6. The van der Waals surface area contributed by atoms with Gasteiger partial charge in [-0.05, 0) is 55.7 Å². The SMILES string of the molecule is COc1cc2c(cc1Nc1ncc(Cl)c(N3CCC4=C=C=CC=C43)n1)CN(C(C)C)CC2. The van der Waals surface area contributed by atoms with Gasteiger partial charge in [-0.15, -0.1) is 0 Å². The number of nitrogens with zero attached hydrogens (tertiary/aromatic N) is 4. The van der Waals surface area contributed by atoms with E-state index < -0.39 is 0 Å². The summed E-state index contributed by atoms with van der Waals surface area (Å²) in [5.74, 6) is 1.96. The Bertz CT molecular complexity index is 1210. The van der Waals surface area contributed by atoms with E-state index in [4.69, 9.17) is 21.3 Å². The predicted molar refractivity (Wildman–Crippen MR) is 128 cm³/mol. The minimum absolute atomic E-state index is 0.485. The maximum atomic E-state index is 6.50. The van der Waals surface area contributed by atoms with Crippen LogP contribution in [0.2, 0.25) is 5.02 Å². The Labute approximate surface area is 193 Å². The number of nitrogens with one attached hydrogen (secondary N) is 1. The van der Waals surface area contributed by atoms with Gasteiger partial charge in [0.2, 0.25) is 5.95 Å². The summed E-state index contributed by atoms with van der Waals surface area (Å²) < 4.78 is 5.68. The van der Waals surface area contributed by atoms with E-state index in [-0.39, 0.29) is 0 Å². The van der Waals surface area contributed by atoms with E-state index >= 15 is 0 Å². The van der Waals surface area contributed by atoms with E-state index in [1.807, 2.05) is 12.2 Å². The predicted octanol–water partition coefficient (Wildman–Crippen LogP) is 4.99. The van der Waals surface area contributed by atoms with Gasteiger partial charge in [0.05, 0.1) is 24.7 Å². The van der Waals surface area contributed by atoms with Gasteiger partial charge in [0.1, 0.15) is 10.8 Å². The van der Waals surface area contributed by atoms with Gasteiger partial charge in [-0.25, -0.2) is 4.98 Å². The first-order chi connectivity index (χ1) is 15.5. The molecule has 2 aliphatic heterocycles. The summed E-state index contributed by atoms with van der Waals surface area (Å²) >= 11 is 6.50. The summed E-state index contributed by atoms with van der Waals surface area (Å²) in [6.07, 6.45) is 7.45. The van der Waals surface area contributed by atoms with Crippen LogP contribution in [0.25, 0.3) is 0 Å². The zero-order valence-corrected chi connectivity index (χ0v) is 19.3. The van der Waals surface area contributed by atoms with Crippen molar-refractivity contribution in [2.24, 2.45) is 0 Å². The molecule has 1 saturated heterocycles. The number of fused-ring (bicyclic) bond motifs is 2. The maximum Gasteiger partial charge on any atom is 0.229 e. The third kappa shape index (κ3) is 3.83. The van der Waals surface area contributed by atoms with Crippen molar-refractivity contribution in [2.45, 2.75) is 39.3 Å². The van der Waals surface area contributed by atoms with E-state index in [1.54, 1.807) is 13.3 Å².